The number of hydrogen-bond acceptors (Lipinski definition) is 6. The van der Waals surface area contributed by atoms with Crippen LogP contribution in [0, 0.1) is 3.57 Å². The molecule has 0 aliphatic carbocycles. The standard InChI is InChI=1S/C12H16IN7/c1-14-10-16-11(19-5-3-2-4-6-19)18-12(17-10)20-8-9(13)7-15-20/h7-8H,2-6H2,1H3,(H,14,16,17,18). The maximum atomic E-state index is 4.55. The summed E-state index contributed by atoms with van der Waals surface area (Å²) in [7, 11) is 1.81. The van der Waals surface area contributed by atoms with E-state index in [0.717, 1.165) is 22.6 Å². The lowest BCUT2D eigenvalue weighted by Crippen LogP contribution is -2.31. The van der Waals surface area contributed by atoms with Crippen LogP contribution in [0.1, 0.15) is 19.3 Å². The molecule has 20 heavy (non-hydrogen) atoms. The van der Waals surface area contributed by atoms with E-state index in [1.165, 1.54) is 19.3 Å². The van der Waals surface area contributed by atoms with Gasteiger partial charge in [0.05, 0.1) is 9.77 Å². The fourth-order valence-electron chi connectivity index (χ4n) is 2.21. The Kier molecular flexibility index (Phi) is 3.99. The van der Waals surface area contributed by atoms with E-state index in [1.807, 2.05) is 13.2 Å². The highest BCUT2D eigenvalue weighted by Crippen LogP contribution is 2.18. The average molecular weight is 385 g/mol. The summed E-state index contributed by atoms with van der Waals surface area (Å²) in [5.74, 6) is 1.85. The number of nitrogens with one attached hydrogen (secondary N) is 1. The van der Waals surface area contributed by atoms with Gasteiger partial charge in [0.2, 0.25) is 11.9 Å². The van der Waals surface area contributed by atoms with Crippen molar-refractivity contribution in [2.45, 2.75) is 19.3 Å². The Morgan fingerprint density at radius 3 is 2.50 bits per heavy atom. The van der Waals surface area contributed by atoms with Crippen LogP contribution < -0.4 is 10.2 Å². The maximum absolute atomic E-state index is 4.55. The van der Waals surface area contributed by atoms with Gasteiger partial charge in [0.25, 0.3) is 5.95 Å². The second-order valence-corrected chi connectivity index (χ2v) is 5.91. The minimum atomic E-state index is 0.549. The molecule has 0 amide bonds. The van der Waals surface area contributed by atoms with Crippen molar-refractivity contribution in [3.8, 4) is 5.95 Å². The maximum Gasteiger partial charge on any atom is 0.257 e. The van der Waals surface area contributed by atoms with Gasteiger partial charge in [0, 0.05) is 26.3 Å². The van der Waals surface area contributed by atoms with Crippen molar-refractivity contribution in [3.63, 3.8) is 0 Å². The molecule has 2 aromatic heterocycles. The van der Waals surface area contributed by atoms with Gasteiger partial charge in [0.1, 0.15) is 0 Å². The van der Waals surface area contributed by atoms with Crippen molar-refractivity contribution >= 4 is 34.5 Å². The summed E-state index contributed by atoms with van der Waals surface area (Å²) in [6, 6.07) is 0. The van der Waals surface area contributed by atoms with Crippen molar-refractivity contribution in [2.24, 2.45) is 0 Å². The lowest BCUT2D eigenvalue weighted by Gasteiger charge is -2.26. The number of hydrogen-bond donors (Lipinski definition) is 1. The first-order chi connectivity index (χ1) is 9.76. The van der Waals surface area contributed by atoms with Crippen LogP contribution in [0.4, 0.5) is 11.9 Å². The lowest BCUT2D eigenvalue weighted by molar-refractivity contribution is 0.566. The van der Waals surface area contributed by atoms with Gasteiger partial charge >= 0.3 is 0 Å². The smallest absolute Gasteiger partial charge is 0.257 e. The van der Waals surface area contributed by atoms with Gasteiger partial charge in [-0.05, 0) is 41.9 Å². The van der Waals surface area contributed by atoms with Crippen molar-refractivity contribution in [3.05, 3.63) is 16.0 Å². The first-order valence-electron chi connectivity index (χ1n) is 6.65. The molecule has 0 saturated carbocycles. The van der Waals surface area contributed by atoms with Crippen LogP contribution in [0.3, 0.4) is 0 Å². The van der Waals surface area contributed by atoms with E-state index in [0.29, 0.717) is 11.9 Å². The summed E-state index contributed by atoms with van der Waals surface area (Å²) < 4.78 is 2.73. The molecule has 1 fully saturated rings. The summed E-state index contributed by atoms with van der Waals surface area (Å²) in [4.78, 5) is 15.6. The second-order valence-electron chi connectivity index (χ2n) is 4.66. The Labute approximate surface area is 131 Å². The molecule has 0 unspecified atom stereocenters. The third-order valence-corrected chi connectivity index (χ3v) is 3.79. The molecule has 1 saturated heterocycles. The second kappa shape index (κ2) is 5.90. The van der Waals surface area contributed by atoms with E-state index in [4.69, 9.17) is 0 Å². The zero-order valence-electron chi connectivity index (χ0n) is 11.3. The molecule has 7 nitrogen and oxygen atoms in total. The van der Waals surface area contributed by atoms with Crippen LogP contribution in [0.2, 0.25) is 0 Å². The van der Waals surface area contributed by atoms with Gasteiger partial charge in [-0.15, -0.1) is 0 Å². The van der Waals surface area contributed by atoms with Crippen molar-refractivity contribution in [1.82, 2.24) is 24.7 Å². The summed E-state index contributed by atoms with van der Waals surface area (Å²) in [6.07, 6.45) is 7.34. The highest BCUT2D eigenvalue weighted by Gasteiger charge is 2.16. The first-order valence-corrected chi connectivity index (χ1v) is 7.73. The number of piperidine rings is 1. The molecule has 3 rings (SSSR count). The first kappa shape index (κ1) is 13.5. The van der Waals surface area contributed by atoms with Gasteiger partial charge in [-0.3, -0.25) is 0 Å². The minimum Gasteiger partial charge on any atom is -0.357 e. The van der Waals surface area contributed by atoms with Crippen LogP contribution in [0.5, 0.6) is 0 Å². The van der Waals surface area contributed by atoms with E-state index in [9.17, 15) is 0 Å². The third-order valence-electron chi connectivity index (χ3n) is 3.23. The van der Waals surface area contributed by atoms with Crippen LogP contribution in [-0.2, 0) is 0 Å². The molecule has 106 valence electrons. The van der Waals surface area contributed by atoms with Crippen molar-refractivity contribution < 1.29 is 0 Å². The Bertz CT molecular complexity index is 591. The molecular weight excluding hydrogens is 369 g/mol. The Morgan fingerprint density at radius 1 is 1.10 bits per heavy atom. The van der Waals surface area contributed by atoms with Crippen LogP contribution in [-0.4, -0.2) is 44.9 Å². The normalized spacial score (nSPS) is 15.4. The molecule has 1 N–H and O–H groups in total. The minimum absolute atomic E-state index is 0.549. The number of nitrogens with zero attached hydrogens (tertiary/aromatic N) is 6. The quantitative estimate of drug-likeness (QED) is 0.811. The predicted octanol–water partition coefficient (Wildman–Crippen LogP) is 1.69. The van der Waals surface area contributed by atoms with Gasteiger partial charge in [-0.2, -0.15) is 20.1 Å². The topological polar surface area (TPSA) is 71.8 Å². The third kappa shape index (κ3) is 2.84. The molecule has 0 aromatic carbocycles. The zero-order chi connectivity index (χ0) is 13.9. The average Bonchev–Trinajstić information content (AvgIpc) is 2.94. The van der Waals surface area contributed by atoms with Gasteiger partial charge < -0.3 is 10.2 Å². The molecule has 0 atom stereocenters. The van der Waals surface area contributed by atoms with Crippen LogP contribution >= 0.6 is 22.6 Å². The van der Waals surface area contributed by atoms with Crippen molar-refractivity contribution in [2.75, 3.05) is 30.4 Å². The van der Waals surface area contributed by atoms with Gasteiger partial charge in [-0.25, -0.2) is 4.68 Å². The molecule has 0 spiro atoms. The molecule has 0 radical (unpaired) electrons. The molecule has 3 heterocycles. The highest BCUT2D eigenvalue weighted by molar-refractivity contribution is 14.1. The number of rotatable bonds is 3. The number of anilines is 2. The number of aromatic nitrogens is 5. The summed E-state index contributed by atoms with van der Waals surface area (Å²) in [6.45, 7) is 2.01. The lowest BCUT2D eigenvalue weighted by atomic mass is 10.1. The monoisotopic (exact) mass is 385 g/mol. The molecule has 1 aliphatic rings. The zero-order valence-corrected chi connectivity index (χ0v) is 13.4. The van der Waals surface area contributed by atoms with Gasteiger partial charge in [-0.1, -0.05) is 0 Å². The van der Waals surface area contributed by atoms with Crippen molar-refractivity contribution in [1.29, 1.82) is 0 Å². The largest absolute Gasteiger partial charge is 0.357 e. The Hall–Kier alpha value is -1.45. The summed E-state index contributed by atoms with van der Waals surface area (Å²) in [5, 5.41) is 7.25. The Balaban J connectivity index is 1.97. The molecule has 8 heteroatoms. The van der Waals surface area contributed by atoms with E-state index in [2.05, 4.69) is 52.9 Å². The predicted molar refractivity (Wildman–Crippen MR) is 85.3 cm³/mol. The highest BCUT2D eigenvalue weighted by atomic mass is 127. The summed E-state index contributed by atoms with van der Waals surface area (Å²) in [5.41, 5.74) is 0. The Morgan fingerprint density at radius 2 is 1.85 bits per heavy atom. The fraction of sp³-hybridized carbons (Fsp3) is 0.500. The molecule has 2 aromatic rings. The van der Waals surface area contributed by atoms with E-state index >= 15 is 0 Å². The van der Waals surface area contributed by atoms with Crippen LogP contribution in [0.25, 0.3) is 5.95 Å². The van der Waals surface area contributed by atoms with Crippen LogP contribution in [0.15, 0.2) is 12.4 Å². The SMILES string of the molecule is CNc1nc(N2CCCCC2)nc(-n2cc(I)cn2)n1. The van der Waals surface area contributed by atoms with E-state index in [-0.39, 0.29) is 0 Å². The molecular formula is C12H16IN7. The molecule has 1 aliphatic heterocycles. The molecule has 0 bridgehead atoms. The summed E-state index contributed by atoms with van der Waals surface area (Å²) >= 11 is 2.22. The fourth-order valence-corrected chi connectivity index (χ4v) is 2.60. The number of halogens is 1. The van der Waals surface area contributed by atoms with Gasteiger partial charge in [0.15, 0.2) is 0 Å². The van der Waals surface area contributed by atoms with E-state index in [1.54, 1.807) is 10.9 Å². The van der Waals surface area contributed by atoms with E-state index < -0.39 is 0 Å².